The van der Waals surface area contributed by atoms with E-state index in [-0.39, 0.29) is 0 Å². The summed E-state index contributed by atoms with van der Waals surface area (Å²) in [7, 11) is 0. The maximum absolute atomic E-state index is 5.89. The molecule has 0 fully saturated rings. The van der Waals surface area contributed by atoms with Gasteiger partial charge in [0.2, 0.25) is 0 Å². The zero-order chi connectivity index (χ0) is 15.3. The van der Waals surface area contributed by atoms with Gasteiger partial charge in [0.15, 0.2) is 0 Å². The predicted octanol–water partition coefficient (Wildman–Crippen LogP) is 4.72. The van der Waals surface area contributed by atoms with Gasteiger partial charge < -0.3 is 10.2 Å². The van der Waals surface area contributed by atoms with Gasteiger partial charge in [-0.05, 0) is 63.1 Å². The van der Waals surface area contributed by atoms with Gasteiger partial charge in [-0.2, -0.15) is 0 Å². The third kappa shape index (κ3) is 9.13. The molecule has 0 spiro atoms. The molecule has 1 N–H and O–H groups in total. The van der Waals surface area contributed by atoms with Crippen molar-refractivity contribution in [2.24, 2.45) is 0 Å². The first-order valence-electron chi connectivity index (χ1n) is 8.43. The highest BCUT2D eigenvalue weighted by Gasteiger charge is 2.03. The van der Waals surface area contributed by atoms with Crippen molar-refractivity contribution in [3.05, 3.63) is 34.9 Å². The molecular formula is C18H31ClN2. The SMILES string of the molecule is CCCCN(CCCC)CCCNCc1ccc(Cl)cc1. The minimum absolute atomic E-state index is 0.807. The van der Waals surface area contributed by atoms with Gasteiger partial charge in [-0.3, -0.25) is 0 Å². The molecule has 0 heterocycles. The third-order valence-corrected chi connectivity index (χ3v) is 3.98. The van der Waals surface area contributed by atoms with Crippen LogP contribution in [-0.2, 0) is 6.54 Å². The molecule has 21 heavy (non-hydrogen) atoms. The Morgan fingerprint density at radius 3 is 2.05 bits per heavy atom. The van der Waals surface area contributed by atoms with Crippen LogP contribution in [0.1, 0.15) is 51.5 Å². The van der Waals surface area contributed by atoms with E-state index in [1.165, 1.54) is 57.3 Å². The Hall–Kier alpha value is -0.570. The van der Waals surface area contributed by atoms with Gasteiger partial charge in [0.25, 0.3) is 0 Å². The summed E-state index contributed by atoms with van der Waals surface area (Å²) in [5.41, 5.74) is 1.30. The Morgan fingerprint density at radius 2 is 1.48 bits per heavy atom. The van der Waals surface area contributed by atoms with E-state index in [1.807, 2.05) is 12.1 Å². The van der Waals surface area contributed by atoms with Crippen LogP contribution >= 0.6 is 11.6 Å². The fourth-order valence-electron chi connectivity index (χ4n) is 2.36. The molecule has 120 valence electrons. The first kappa shape index (κ1) is 18.5. The Balaban J connectivity index is 2.13. The number of rotatable bonds is 12. The number of unbranched alkanes of at least 4 members (excludes halogenated alkanes) is 2. The molecule has 0 aliphatic carbocycles. The van der Waals surface area contributed by atoms with E-state index in [1.54, 1.807) is 0 Å². The standard InChI is InChI=1S/C18H31ClN2/c1-3-5-13-21(14-6-4-2)15-7-12-20-16-17-8-10-18(19)11-9-17/h8-11,20H,3-7,12-16H2,1-2H3. The molecule has 0 unspecified atom stereocenters. The van der Waals surface area contributed by atoms with Crippen molar-refractivity contribution in [2.45, 2.75) is 52.5 Å². The highest BCUT2D eigenvalue weighted by atomic mass is 35.5. The number of hydrogen-bond donors (Lipinski definition) is 1. The Kier molecular flexibility index (Phi) is 10.6. The van der Waals surface area contributed by atoms with Gasteiger partial charge in [-0.25, -0.2) is 0 Å². The van der Waals surface area contributed by atoms with Gasteiger partial charge in [-0.15, -0.1) is 0 Å². The number of hydrogen-bond acceptors (Lipinski definition) is 2. The topological polar surface area (TPSA) is 15.3 Å². The summed E-state index contributed by atoms with van der Waals surface area (Å²) in [6.45, 7) is 10.3. The van der Waals surface area contributed by atoms with Gasteiger partial charge in [0.05, 0.1) is 0 Å². The van der Waals surface area contributed by atoms with Crippen LogP contribution in [0.3, 0.4) is 0 Å². The number of halogens is 1. The molecule has 1 aromatic carbocycles. The van der Waals surface area contributed by atoms with Crippen LogP contribution in [0.4, 0.5) is 0 Å². The zero-order valence-corrected chi connectivity index (χ0v) is 14.5. The van der Waals surface area contributed by atoms with E-state index in [9.17, 15) is 0 Å². The first-order valence-corrected chi connectivity index (χ1v) is 8.81. The lowest BCUT2D eigenvalue weighted by Gasteiger charge is -2.21. The summed E-state index contributed by atoms with van der Waals surface area (Å²) in [4.78, 5) is 2.62. The number of nitrogens with one attached hydrogen (secondary N) is 1. The van der Waals surface area contributed by atoms with E-state index in [0.717, 1.165) is 18.1 Å². The first-order chi connectivity index (χ1) is 10.3. The molecule has 3 heteroatoms. The quantitative estimate of drug-likeness (QED) is 0.562. The molecule has 0 bridgehead atoms. The average molecular weight is 311 g/mol. The third-order valence-electron chi connectivity index (χ3n) is 3.73. The van der Waals surface area contributed by atoms with E-state index in [0.29, 0.717) is 0 Å². The van der Waals surface area contributed by atoms with Gasteiger partial charge in [0.1, 0.15) is 0 Å². The Morgan fingerprint density at radius 1 is 0.905 bits per heavy atom. The molecular weight excluding hydrogens is 280 g/mol. The van der Waals surface area contributed by atoms with Crippen molar-refractivity contribution in [2.75, 3.05) is 26.2 Å². The van der Waals surface area contributed by atoms with E-state index in [4.69, 9.17) is 11.6 Å². The van der Waals surface area contributed by atoms with Crippen molar-refractivity contribution in [3.8, 4) is 0 Å². The van der Waals surface area contributed by atoms with Crippen molar-refractivity contribution < 1.29 is 0 Å². The molecule has 0 aromatic heterocycles. The Bertz CT molecular complexity index is 343. The molecule has 0 saturated heterocycles. The van der Waals surface area contributed by atoms with Crippen LogP contribution in [0.15, 0.2) is 24.3 Å². The number of nitrogens with zero attached hydrogens (tertiary/aromatic N) is 1. The maximum Gasteiger partial charge on any atom is 0.0406 e. The molecule has 0 saturated carbocycles. The summed E-state index contributed by atoms with van der Waals surface area (Å²) in [5, 5.41) is 4.33. The molecule has 0 atom stereocenters. The van der Waals surface area contributed by atoms with Crippen LogP contribution in [0.5, 0.6) is 0 Å². The van der Waals surface area contributed by atoms with E-state index >= 15 is 0 Å². The minimum atomic E-state index is 0.807. The molecule has 0 aliphatic rings. The second-order valence-corrected chi connectivity index (χ2v) is 6.14. The molecule has 1 rings (SSSR count). The molecule has 0 aliphatic heterocycles. The van der Waals surface area contributed by atoms with Gasteiger partial charge in [-0.1, -0.05) is 50.4 Å². The maximum atomic E-state index is 5.89. The van der Waals surface area contributed by atoms with Crippen molar-refractivity contribution in [1.82, 2.24) is 10.2 Å². The minimum Gasteiger partial charge on any atom is -0.313 e. The van der Waals surface area contributed by atoms with E-state index in [2.05, 4.69) is 36.2 Å². The van der Waals surface area contributed by atoms with Crippen molar-refractivity contribution >= 4 is 11.6 Å². The lowest BCUT2D eigenvalue weighted by molar-refractivity contribution is 0.261. The van der Waals surface area contributed by atoms with Crippen molar-refractivity contribution in [1.29, 1.82) is 0 Å². The summed E-state index contributed by atoms with van der Waals surface area (Å²) in [5.74, 6) is 0. The highest BCUT2D eigenvalue weighted by molar-refractivity contribution is 6.30. The second kappa shape index (κ2) is 12.0. The lowest BCUT2D eigenvalue weighted by atomic mass is 10.2. The monoisotopic (exact) mass is 310 g/mol. The summed E-state index contributed by atoms with van der Waals surface area (Å²) < 4.78 is 0. The number of benzene rings is 1. The van der Waals surface area contributed by atoms with Crippen LogP contribution in [-0.4, -0.2) is 31.1 Å². The molecule has 2 nitrogen and oxygen atoms in total. The molecule has 0 amide bonds. The van der Waals surface area contributed by atoms with Crippen LogP contribution < -0.4 is 5.32 Å². The van der Waals surface area contributed by atoms with Crippen LogP contribution in [0.25, 0.3) is 0 Å². The van der Waals surface area contributed by atoms with Crippen LogP contribution in [0, 0.1) is 0 Å². The second-order valence-electron chi connectivity index (χ2n) is 5.71. The van der Waals surface area contributed by atoms with E-state index < -0.39 is 0 Å². The highest BCUT2D eigenvalue weighted by Crippen LogP contribution is 2.09. The summed E-state index contributed by atoms with van der Waals surface area (Å²) in [6, 6.07) is 8.08. The zero-order valence-electron chi connectivity index (χ0n) is 13.7. The average Bonchev–Trinajstić information content (AvgIpc) is 2.50. The predicted molar refractivity (Wildman–Crippen MR) is 94.0 cm³/mol. The normalized spacial score (nSPS) is 11.2. The smallest absolute Gasteiger partial charge is 0.0406 e. The van der Waals surface area contributed by atoms with Crippen LogP contribution in [0.2, 0.25) is 5.02 Å². The fourth-order valence-corrected chi connectivity index (χ4v) is 2.49. The summed E-state index contributed by atoms with van der Waals surface area (Å²) >= 11 is 5.89. The van der Waals surface area contributed by atoms with Gasteiger partial charge >= 0.3 is 0 Å². The van der Waals surface area contributed by atoms with Crippen molar-refractivity contribution in [3.63, 3.8) is 0 Å². The molecule has 0 radical (unpaired) electrons. The van der Waals surface area contributed by atoms with Gasteiger partial charge in [0, 0.05) is 11.6 Å². The largest absolute Gasteiger partial charge is 0.313 e. The lowest BCUT2D eigenvalue weighted by Crippen LogP contribution is -2.29. The summed E-state index contributed by atoms with van der Waals surface area (Å²) in [6.07, 6.45) is 6.44. The Labute approximate surface area is 135 Å². The fraction of sp³-hybridized carbons (Fsp3) is 0.667. The molecule has 1 aromatic rings.